The quantitative estimate of drug-likeness (QED) is 0.606. The van der Waals surface area contributed by atoms with Crippen molar-refractivity contribution in [1.29, 1.82) is 0 Å². The van der Waals surface area contributed by atoms with Gasteiger partial charge in [-0.05, 0) is 39.2 Å². The number of methoxy groups -OCH3 is 2. The third kappa shape index (κ3) is 3.28. The topological polar surface area (TPSA) is 60.0 Å². The highest BCUT2D eigenvalue weighted by atomic mass is 16.6. The first-order valence-electron chi connectivity index (χ1n) is 6.92. The summed E-state index contributed by atoms with van der Waals surface area (Å²) in [5, 5.41) is 3.25. The molecule has 0 fully saturated rings. The molecule has 0 radical (unpaired) electrons. The molecule has 0 aromatic heterocycles. The van der Waals surface area contributed by atoms with Crippen molar-refractivity contribution in [1.82, 2.24) is 10.2 Å². The zero-order chi connectivity index (χ0) is 15.4. The van der Waals surface area contributed by atoms with Crippen LogP contribution in [0.15, 0.2) is 12.1 Å². The van der Waals surface area contributed by atoms with Gasteiger partial charge in [-0.1, -0.05) is 0 Å². The molecule has 1 aromatic rings. The minimum absolute atomic E-state index is 0.383. The summed E-state index contributed by atoms with van der Waals surface area (Å²) in [5.74, 6) is 0.574. The van der Waals surface area contributed by atoms with E-state index in [1.165, 1.54) is 7.11 Å². The van der Waals surface area contributed by atoms with Crippen LogP contribution in [0.25, 0.3) is 0 Å². The fourth-order valence-corrected chi connectivity index (χ4v) is 2.38. The number of carbonyl (C=O) groups is 1. The molecule has 0 spiro atoms. The number of nitrogens with one attached hydrogen (secondary N) is 1. The average molecular weight is 294 g/mol. The number of benzene rings is 1. The maximum Gasteiger partial charge on any atom is 0.344 e. The van der Waals surface area contributed by atoms with Crippen LogP contribution in [-0.2, 0) is 4.74 Å². The molecule has 1 heterocycles. The maximum absolute atomic E-state index is 12.1. The summed E-state index contributed by atoms with van der Waals surface area (Å²) in [5.41, 5.74) is 1.24. The second-order valence-corrected chi connectivity index (χ2v) is 5.16. The van der Waals surface area contributed by atoms with Crippen molar-refractivity contribution in [2.24, 2.45) is 0 Å². The van der Waals surface area contributed by atoms with Crippen molar-refractivity contribution in [2.75, 3.05) is 41.4 Å². The van der Waals surface area contributed by atoms with E-state index in [4.69, 9.17) is 14.2 Å². The van der Waals surface area contributed by atoms with E-state index in [1.807, 2.05) is 20.2 Å². The average Bonchev–Trinajstić information content (AvgIpc) is 2.79. The Balaban J connectivity index is 2.12. The standard InChI is InChI=1S/C15H22N2O4/c1-17(2)9-5-8-16-14-10-6-7-11(19-3)13(20-4)12(10)15(18)21-14/h6-7,14,16H,5,8-9H2,1-4H3/t14-/m1/s1. The van der Waals surface area contributed by atoms with E-state index in [1.54, 1.807) is 13.2 Å². The zero-order valence-corrected chi connectivity index (χ0v) is 12.9. The van der Waals surface area contributed by atoms with Crippen molar-refractivity contribution in [2.45, 2.75) is 12.6 Å². The predicted molar refractivity (Wildman–Crippen MR) is 78.9 cm³/mol. The van der Waals surface area contributed by atoms with Crippen molar-refractivity contribution in [3.05, 3.63) is 23.3 Å². The van der Waals surface area contributed by atoms with Gasteiger partial charge in [0, 0.05) is 12.1 Å². The molecule has 1 aromatic carbocycles. The van der Waals surface area contributed by atoms with Gasteiger partial charge in [-0.15, -0.1) is 0 Å². The number of ether oxygens (including phenoxy) is 3. The third-order valence-electron chi connectivity index (χ3n) is 3.40. The van der Waals surface area contributed by atoms with Gasteiger partial charge in [-0.2, -0.15) is 0 Å². The van der Waals surface area contributed by atoms with Gasteiger partial charge in [-0.25, -0.2) is 4.79 Å². The molecular formula is C15H22N2O4. The predicted octanol–water partition coefficient (Wildman–Crippen LogP) is 1.41. The molecule has 1 N–H and O–H groups in total. The summed E-state index contributed by atoms with van der Waals surface area (Å²) >= 11 is 0. The molecule has 0 bridgehead atoms. The number of carbonyl (C=O) groups excluding carboxylic acids is 1. The summed E-state index contributed by atoms with van der Waals surface area (Å²) in [7, 11) is 7.12. The Kier molecular flexibility index (Phi) is 5.03. The Morgan fingerprint density at radius 1 is 1.29 bits per heavy atom. The highest BCUT2D eigenvalue weighted by molar-refractivity contribution is 5.98. The van der Waals surface area contributed by atoms with E-state index in [9.17, 15) is 4.79 Å². The maximum atomic E-state index is 12.1. The number of fused-ring (bicyclic) bond motifs is 1. The minimum atomic E-state index is -0.422. The lowest BCUT2D eigenvalue weighted by atomic mass is 10.1. The van der Waals surface area contributed by atoms with Gasteiger partial charge in [0.1, 0.15) is 5.56 Å². The number of hydrogen-bond donors (Lipinski definition) is 1. The summed E-state index contributed by atoms with van der Waals surface area (Å²) < 4.78 is 15.9. The van der Waals surface area contributed by atoms with Crippen LogP contribution in [-0.4, -0.2) is 52.3 Å². The third-order valence-corrected chi connectivity index (χ3v) is 3.40. The van der Waals surface area contributed by atoms with Crippen LogP contribution in [0.3, 0.4) is 0 Å². The summed E-state index contributed by atoms with van der Waals surface area (Å²) in [6.45, 7) is 1.75. The van der Waals surface area contributed by atoms with Gasteiger partial charge in [0.2, 0.25) is 0 Å². The second kappa shape index (κ2) is 6.78. The van der Waals surface area contributed by atoms with Crippen LogP contribution >= 0.6 is 0 Å². The highest BCUT2D eigenvalue weighted by Crippen LogP contribution is 2.40. The van der Waals surface area contributed by atoms with Crippen LogP contribution in [0, 0.1) is 0 Å². The molecule has 1 aliphatic heterocycles. The van der Waals surface area contributed by atoms with Crippen LogP contribution in [0.4, 0.5) is 0 Å². The normalized spacial score (nSPS) is 16.8. The second-order valence-electron chi connectivity index (χ2n) is 5.16. The molecule has 2 rings (SSSR count). The fourth-order valence-electron chi connectivity index (χ4n) is 2.38. The van der Waals surface area contributed by atoms with E-state index >= 15 is 0 Å². The number of hydrogen-bond acceptors (Lipinski definition) is 6. The van der Waals surface area contributed by atoms with Gasteiger partial charge in [0.25, 0.3) is 0 Å². The van der Waals surface area contributed by atoms with E-state index in [0.717, 1.165) is 25.1 Å². The summed E-state index contributed by atoms with van der Waals surface area (Å²) in [6, 6.07) is 3.62. The van der Waals surface area contributed by atoms with E-state index in [-0.39, 0.29) is 5.97 Å². The smallest absolute Gasteiger partial charge is 0.344 e. The van der Waals surface area contributed by atoms with Crippen molar-refractivity contribution < 1.29 is 19.0 Å². The van der Waals surface area contributed by atoms with E-state index in [0.29, 0.717) is 17.1 Å². The minimum Gasteiger partial charge on any atom is -0.493 e. The van der Waals surface area contributed by atoms with Gasteiger partial charge >= 0.3 is 5.97 Å². The monoisotopic (exact) mass is 294 g/mol. The van der Waals surface area contributed by atoms with Crippen LogP contribution < -0.4 is 14.8 Å². The summed E-state index contributed by atoms with van der Waals surface area (Å²) in [6.07, 6.45) is 0.554. The number of cyclic esters (lactones) is 1. The first-order valence-corrected chi connectivity index (χ1v) is 6.92. The number of nitrogens with zero attached hydrogens (tertiary/aromatic N) is 1. The van der Waals surface area contributed by atoms with Crippen LogP contribution in [0.2, 0.25) is 0 Å². The van der Waals surface area contributed by atoms with Gasteiger partial charge in [-0.3, -0.25) is 5.32 Å². The summed E-state index contributed by atoms with van der Waals surface area (Å²) in [4.78, 5) is 14.2. The van der Waals surface area contributed by atoms with Gasteiger partial charge < -0.3 is 19.1 Å². The first-order chi connectivity index (χ1) is 10.1. The Bertz CT molecular complexity index is 517. The number of rotatable bonds is 7. The van der Waals surface area contributed by atoms with E-state index < -0.39 is 6.23 Å². The molecule has 0 aliphatic carbocycles. The highest BCUT2D eigenvalue weighted by Gasteiger charge is 2.35. The number of esters is 1. The molecule has 0 unspecified atom stereocenters. The van der Waals surface area contributed by atoms with Crippen molar-refractivity contribution in [3.63, 3.8) is 0 Å². The Morgan fingerprint density at radius 2 is 2.05 bits per heavy atom. The van der Waals surface area contributed by atoms with Gasteiger partial charge in [0.15, 0.2) is 17.7 Å². The van der Waals surface area contributed by atoms with Crippen LogP contribution in [0.5, 0.6) is 11.5 Å². The first kappa shape index (κ1) is 15.6. The lowest BCUT2D eigenvalue weighted by molar-refractivity contribution is 0.0306. The van der Waals surface area contributed by atoms with Crippen molar-refractivity contribution >= 4 is 5.97 Å². The molecule has 6 nitrogen and oxygen atoms in total. The van der Waals surface area contributed by atoms with Crippen molar-refractivity contribution in [3.8, 4) is 11.5 Å². The fraction of sp³-hybridized carbons (Fsp3) is 0.533. The molecule has 6 heteroatoms. The molecule has 1 aliphatic rings. The van der Waals surface area contributed by atoms with Gasteiger partial charge in [0.05, 0.1) is 14.2 Å². The lowest BCUT2D eigenvalue weighted by Gasteiger charge is -2.15. The molecular weight excluding hydrogens is 272 g/mol. The molecule has 0 saturated carbocycles. The lowest BCUT2D eigenvalue weighted by Crippen LogP contribution is -2.25. The molecule has 21 heavy (non-hydrogen) atoms. The Labute approximate surface area is 125 Å². The van der Waals surface area contributed by atoms with E-state index in [2.05, 4.69) is 10.2 Å². The largest absolute Gasteiger partial charge is 0.493 e. The SMILES string of the molecule is COc1ccc2c(c1OC)C(=O)O[C@H]2NCCCN(C)C. The van der Waals surface area contributed by atoms with Crippen LogP contribution in [0.1, 0.15) is 28.6 Å². The molecule has 116 valence electrons. The Hall–Kier alpha value is -1.79. The zero-order valence-electron chi connectivity index (χ0n) is 12.9. The molecule has 0 saturated heterocycles. The Morgan fingerprint density at radius 3 is 2.67 bits per heavy atom. The molecule has 1 atom stereocenters. The molecule has 0 amide bonds.